The number of benzene rings is 2. The van der Waals surface area contributed by atoms with Crippen molar-refractivity contribution in [1.29, 1.82) is 0 Å². The Hall–Kier alpha value is -2.14. The molecule has 0 heterocycles. The van der Waals surface area contributed by atoms with E-state index in [2.05, 4.69) is 12.2 Å². The fourth-order valence-electron chi connectivity index (χ4n) is 3.42. The van der Waals surface area contributed by atoms with E-state index in [0.29, 0.717) is 0 Å². The fourth-order valence-corrected chi connectivity index (χ4v) is 3.42. The topological polar surface area (TPSA) is 30.5 Å². The number of ether oxygens (including phenoxy) is 2. The Bertz CT molecular complexity index is 737. The minimum Gasteiger partial charge on any atom is -0.496 e. The van der Waals surface area contributed by atoms with E-state index >= 15 is 0 Å². The molecule has 0 aliphatic carbocycles. The molecule has 0 amide bonds. The molecule has 0 bridgehead atoms. The van der Waals surface area contributed by atoms with E-state index in [0.717, 1.165) is 67.7 Å². The summed E-state index contributed by atoms with van der Waals surface area (Å²) in [7, 11) is 5.20. The van der Waals surface area contributed by atoms with Gasteiger partial charge in [-0.05, 0) is 93.2 Å². The minimum absolute atomic E-state index is 0.179. The summed E-state index contributed by atoms with van der Waals surface area (Å²) in [6, 6.07) is 9.40. The highest BCUT2D eigenvalue weighted by Gasteiger charge is 2.05. The molecule has 174 valence electrons. The predicted molar refractivity (Wildman–Crippen MR) is 125 cm³/mol. The van der Waals surface area contributed by atoms with Crippen LogP contribution in [-0.4, -0.2) is 27.8 Å². The maximum absolute atomic E-state index is 13.0. The van der Waals surface area contributed by atoms with E-state index in [9.17, 15) is 8.78 Å². The molecular weight excluding hydrogens is 396 g/mol. The first-order valence-electron chi connectivity index (χ1n) is 11.3. The number of hydrogen-bond donors (Lipinski definition) is 1. The fraction of sp³-hybridized carbons (Fsp3) is 0.538. The molecule has 0 spiro atoms. The first-order chi connectivity index (χ1) is 15.0. The summed E-state index contributed by atoms with van der Waals surface area (Å²) in [6.45, 7) is 3.23. The zero-order valence-corrected chi connectivity index (χ0v) is 19.6. The SMILES string of the molecule is CCCCCCc1cc(F)ccc1OC.CNCCCCCc1cc(F)ccc1OC. The lowest BCUT2D eigenvalue weighted by atomic mass is 10.1. The van der Waals surface area contributed by atoms with Crippen molar-refractivity contribution in [3.63, 3.8) is 0 Å². The number of unbranched alkanes of at least 4 members (excludes halogenated alkanes) is 5. The molecule has 5 heteroatoms. The Labute approximate surface area is 187 Å². The molecule has 0 aliphatic rings. The molecule has 0 saturated heterocycles. The van der Waals surface area contributed by atoms with Gasteiger partial charge in [0.25, 0.3) is 0 Å². The van der Waals surface area contributed by atoms with Crippen molar-refractivity contribution in [1.82, 2.24) is 5.32 Å². The third-order valence-electron chi connectivity index (χ3n) is 5.16. The van der Waals surface area contributed by atoms with Gasteiger partial charge < -0.3 is 14.8 Å². The normalized spacial score (nSPS) is 10.4. The van der Waals surface area contributed by atoms with Crippen LogP contribution in [0.25, 0.3) is 0 Å². The van der Waals surface area contributed by atoms with Crippen molar-refractivity contribution in [2.75, 3.05) is 27.8 Å². The lowest BCUT2D eigenvalue weighted by molar-refractivity contribution is 0.407. The second kappa shape index (κ2) is 16.5. The van der Waals surface area contributed by atoms with Gasteiger partial charge in [-0.2, -0.15) is 0 Å². The van der Waals surface area contributed by atoms with Gasteiger partial charge in [0.2, 0.25) is 0 Å². The molecule has 0 unspecified atom stereocenters. The monoisotopic (exact) mass is 435 g/mol. The first-order valence-corrected chi connectivity index (χ1v) is 11.3. The molecule has 31 heavy (non-hydrogen) atoms. The highest BCUT2D eigenvalue weighted by atomic mass is 19.1. The van der Waals surface area contributed by atoms with Crippen LogP contribution < -0.4 is 14.8 Å². The van der Waals surface area contributed by atoms with Crippen molar-refractivity contribution in [2.24, 2.45) is 0 Å². The second-order valence-electron chi connectivity index (χ2n) is 7.64. The third kappa shape index (κ3) is 11.2. The summed E-state index contributed by atoms with van der Waals surface area (Å²) in [5.41, 5.74) is 1.94. The molecule has 1 N–H and O–H groups in total. The highest BCUT2D eigenvalue weighted by molar-refractivity contribution is 5.34. The lowest BCUT2D eigenvalue weighted by Gasteiger charge is -2.08. The van der Waals surface area contributed by atoms with Crippen molar-refractivity contribution in [3.05, 3.63) is 59.2 Å². The van der Waals surface area contributed by atoms with Gasteiger partial charge in [0.15, 0.2) is 0 Å². The average molecular weight is 436 g/mol. The maximum Gasteiger partial charge on any atom is 0.123 e. The van der Waals surface area contributed by atoms with Crippen molar-refractivity contribution >= 4 is 0 Å². The van der Waals surface area contributed by atoms with Crippen LogP contribution in [0.5, 0.6) is 11.5 Å². The quantitative estimate of drug-likeness (QED) is 0.354. The summed E-state index contributed by atoms with van der Waals surface area (Å²) in [4.78, 5) is 0. The maximum atomic E-state index is 13.0. The number of halogens is 2. The molecule has 2 rings (SSSR count). The molecular formula is C26H39F2NO2. The molecule has 0 atom stereocenters. The molecule has 0 radical (unpaired) electrons. The van der Waals surface area contributed by atoms with Crippen LogP contribution in [0.4, 0.5) is 8.78 Å². The molecule has 0 aromatic heterocycles. The van der Waals surface area contributed by atoms with Gasteiger partial charge in [0.1, 0.15) is 23.1 Å². The van der Waals surface area contributed by atoms with E-state index in [4.69, 9.17) is 9.47 Å². The number of aryl methyl sites for hydroxylation is 2. The zero-order valence-electron chi connectivity index (χ0n) is 19.6. The summed E-state index contributed by atoms with van der Waals surface area (Å²) in [6.07, 6.45) is 9.95. The van der Waals surface area contributed by atoms with Gasteiger partial charge in [-0.1, -0.05) is 32.6 Å². The number of hydrogen-bond acceptors (Lipinski definition) is 3. The van der Waals surface area contributed by atoms with Crippen molar-refractivity contribution in [3.8, 4) is 11.5 Å². The summed E-state index contributed by atoms with van der Waals surface area (Å²) >= 11 is 0. The van der Waals surface area contributed by atoms with Gasteiger partial charge in [0.05, 0.1) is 14.2 Å². The Morgan fingerprint density at radius 1 is 0.710 bits per heavy atom. The molecule has 0 saturated carbocycles. The van der Waals surface area contributed by atoms with Crippen molar-refractivity contribution < 1.29 is 18.3 Å². The molecule has 0 fully saturated rings. The van der Waals surface area contributed by atoms with Crippen LogP contribution in [0.3, 0.4) is 0 Å². The van der Waals surface area contributed by atoms with E-state index in [1.807, 2.05) is 7.05 Å². The molecule has 2 aromatic rings. The lowest BCUT2D eigenvalue weighted by Crippen LogP contribution is -2.07. The van der Waals surface area contributed by atoms with Gasteiger partial charge in [-0.25, -0.2) is 8.78 Å². The standard InChI is InChI=1S/C13H20FNO.C13H19FO/c1-15-9-5-3-4-6-11-10-12(14)7-8-13(11)16-2;1-3-4-5-6-7-11-10-12(14)8-9-13(11)15-2/h7-8,10,15H,3-6,9H2,1-2H3;8-10H,3-7H2,1-2H3. The van der Waals surface area contributed by atoms with E-state index in [-0.39, 0.29) is 11.6 Å². The Morgan fingerprint density at radius 3 is 1.61 bits per heavy atom. The van der Waals surface area contributed by atoms with Gasteiger partial charge in [0, 0.05) is 0 Å². The van der Waals surface area contributed by atoms with E-state index < -0.39 is 0 Å². The van der Waals surface area contributed by atoms with E-state index in [1.54, 1.807) is 38.5 Å². The molecule has 3 nitrogen and oxygen atoms in total. The van der Waals surface area contributed by atoms with Gasteiger partial charge in [-0.3, -0.25) is 0 Å². The van der Waals surface area contributed by atoms with Crippen LogP contribution in [0.15, 0.2) is 36.4 Å². The molecule has 2 aromatic carbocycles. The van der Waals surface area contributed by atoms with Crippen LogP contribution in [0, 0.1) is 11.6 Å². The van der Waals surface area contributed by atoms with Crippen LogP contribution in [0.2, 0.25) is 0 Å². The third-order valence-corrected chi connectivity index (χ3v) is 5.16. The summed E-state index contributed by atoms with van der Waals surface area (Å²) in [5.74, 6) is 1.22. The number of nitrogens with one attached hydrogen (secondary N) is 1. The first kappa shape index (κ1) is 26.9. The van der Waals surface area contributed by atoms with Gasteiger partial charge in [-0.15, -0.1) is 0 Å². The zero-order chi connectivity index (χ0) is 22.9. The Kier molecular flexibility index (Phi) is 14.3. The van der Waals surface area contributed by atoms with Crippen molar-refractivity contribution in [2.45, 2.75) is 64.7 Å². The minimum atomic E-state index is -0.189. The molecule has 0 aliphatic heterocycles. The number of rotatable bonds is 13. The van der Waals surface area contributed by atoms with E-state index in [1.165, 1.54) is 31.4 Å². The van der Waals surface area contributed by atoms with Crippen LogP contribution in [0.1, 0.15) is 63.0 Å². The predicted octanol–water partition coefficient (Wildman–Crippen LogP) is 6.72. The highest BCUT2D eigenvalue weighted by Crippen LogP contribution is 2.22. The summed E-state index contributed by atoms with van der Waals surface area (Å²) in [5, 5.41) is 3.11. The van der Waals surface area contributed by atoms with Gasteiger partial charge >= 0.3 is 0 Å². The van der Waals surface area contributed by atoms with Crippen LogP contribution >= 0.6 is 0 Å². The average Bonchev–Trinajstić information content (AvgIpc) is 2.77. The van der Waals surface area contributed by atoms with Crippen LogP contribution in [-0.2, 0) is 12.8 Å². The Balaban J connectivity index is 0.000000311. The second-order valence-corrected chi connectivity index (χ2v) is 7.64. The Morgan fingerprint density at radius 2 is 1.19 bits per heavy atom. The number of methoxy groups -OCH3 is 2. The smallest absolute Gasteiger partial charge is 0.123 e. The summed E-state index contributed by atoms with van der Waals surface area (Å²) < 4.78 is 36.4. The largest absolute Gasteiger partial charge is 0.496 e.